The van der Waals surface area contributed by atoms with E-state index < -0.39 is 0 Å². The van der Waals surface area contributed by atoms with Crippen molar-refractivity contribution >= 4 is 5.97 Å². The van der Waals surface area contributed by atoms with Gasteiger partial charge in [0.25, 0.3) is 0 Å². The Bertz CT molecular complexity index is 435. The Kier molecular flexibility index (Phi) is 9.18. The SMILES string of the molecule is CCCC[C@H]1CC[C@H]([C@H]2CC[C@H](C(=O)O[C@H]3CC[C@H](CCC)CC3)CC2)CC1. The number of hydrogen-bond donors (Lipinski definition) is 0. The number of carbonyl (C=O) groups is 1. The standard InChI is InChI=1S/C26H46O2/c1-3-5-7-21-8-12-22(13-9-21)23-14-16-24(17-15-23)26(27)28-25-18-10-20(6-4-2)11-19-25/h20-25H,3-19H2,1-2H3/t20-,21-,22-,23-,24-,25-. The molecule has 0 aromatic rings. The highest BCUT2D eigenvalue weighted by molar-refractivity contribution is 5.72. The second-order valence-corrected chi connectivity index (χ2v) is 10.4. The molecule has 0 atom stereocenters. The fourth-order valence-electron chi connectivity index (χ4n) is 6.47. The Hall–Kier alpha value is -0.530. The molecule has 3 saturated carbocycles. The molecule has 0 aromatic heterocycles. The van der Waals surface area contributed by atoms with Crippen LogP contribution in [0.5, 0.6) is 0 Å². The van der Waals surface area contributed by atoms with Gasteiger partial charge in [-0.3, -0.25) is 4.79 Å². The average Bonchev–Trinajstić information content (AvgIpc) is 2.74. The Labute approximate surface area is 174 Å². The summed E-state index contributed by atoms with van der Waals surface area (Å²) in [6.45, 7) is 4.59. The van der Waals surface area contributed by atoms with E-state index in [1.165, 1.54) is 83.5 Å². The number of esters is 1. The van der Waals surface area contributed by atoms with Gasteiger partial charge in [-0.15, -0.1) is 0 Å². The van der Waals surface area contributed by atoms with Crippen LogP contribution in [0.15, 0.2) is 0 Å². The predicted molar refractivity (Wildman–Crippen MR) is 117 cm³/mol. The van der Waals surface area contributed by atoms with Gasteiger partial charge in [-0.25, -0.2) is 0 Å². The lowest BCUT2D eigenvalue weighted by molar-refractivity contribution is -0.157. The normalized spacial score (nSPS) is 36.8. The number of carbonyl (C=O) groups excluding carboxylic acids is 1. The van der Waals surface area contributed by atoms with Gasteiger partial charge < -0.3 is 4.74 Å². The van der Waals surface area contributed by atoms with Crippen molar-refractivity contribution in [2.75, 3.05) is 0 Å². The average molecular weight is 391 g/mol. The van der Waals surface area contributed by atoms with Crippen LogP contribution in [0, 0.1) is 29.6 Å². The van der Waals surface area contributed by atoms with E-state index in [-0.39, 0.29) is 18.0 Å². The van der Waals surface area contributed by atoms with Crippen molar-refractivity contribution in [1.82, 2.24) is 0 Å². The molecule has 0 spiro atoms. The lowest BCUT2D eigenvalue weighted by Crippen LogP contribution is -2.32. The third-order valence-corrected chi connectivity index (χ3v) is 8.40. The van der Waals surface area contributed by atoms with Crippen LogP contribution >= 0.6 is 0 Å². The molecule has 0 N–H and O–H groups in total. The summed E-state index contributed by atoms with van der Waals surface area (Å²) in [5.74, 6) is 4.07. The largest absolute Gasteiger partial charge is 0.462 e. The van der Waals surface area contributed by atoms with E-state index in [9.17, 15) is 4.79 Å². The highest BCUT2D eigenvalue weighted by atomic mass is 16.5. The van der Waals surface area contributed by atoms with Gasteiger partial charge in [0.15, 0.2) is 0 Å². The maximum absolute atomic E-state index is 12.7. The molecule has 0 unspecified atom stereocenters. The van der Waals surface area contributed by atoms with Crippen molar-refractivity contribution < 1.29 is 9.53 Å². The van der Waals surface area contributed by atoms with Crippen LogP contribution in [-0.2, 0) is 9.53 Å². The van der Waals surface area contributed by atoms with Gasteiger partial charge in [-0.2, -0.15) is 0 Å². The predicted octanol–water partition coefficient (Wildman–Crippen LogP) is 7.69. The molecule has 2 nitrogen and oxygen atoms in total. The Balaban J connectivity index is 1.32. The molecule has 3 aliphatic rings. The zero-order valence-corrected chi connectivity index (χ0v) is 18.8. The number of rotatable bonds is 8. The Morgan fingerprint density at radius 3 is 1.79 bits per heavy atom. The van der Waals surface area contributed by atoms with Crippen LogP contribution in [-0.4, -0.2) is 12.1 Å². The van der Waals surface area contributed by atoms with E-state index >= 15 is 0 Å². The summed E-state index contributed by atoms with van der Waals surface area (Å²) in [6, 6.07) is 0. The number of hydrogen-bond acceptors (Lipinski definition) is 2. The van der Waals surface area contributed by atoms with Crippen molar-refractivity contribution in [2.45, 2.75) is 129 Å². The zero-order valence-electron chi connectivity index (χ0n) is 18.8. The molecule has 0 aliphatic heterocycles. The summed E-state index contributed by atoms with van der Waals surface area (Å²) in [7, 11) is 0. The van der Waals surface area contributed by atoms with Crippen molar-refractivity contribution in [2.24, 2.45) is 29.6 Å². The molecule has 3 aliphatic carbocycles. The fraction of sp³-hybridized carbons (Fsp3) is 0.962. The van der Waals surface area contributed by atoms with E-state index in [1.54, 1.807) is 0 Å². The van der Waals surface area contributed by atoms with Crippen LogP contribution in [0.25, 0.3) is 0 Å². The summed E-state index contributed by atoms with van der Waals surface area (Å²) in [6.07, 6.45) is 22.4. The van der Waals surface area contributed by atoms with Gasteiger partial charge in [-0.05, 0) is 87.9 Å². The molecular weight excluding hydrogens is 344 g/mol. The monoisotopic (exact) mass is 390 g/mol. The zero-order chi connectivity index (χ0) is 19.8. The summed E-state index contributed by atoms with van der Waals surface area (Å²) in [5, 5.41) is 0. The smallest absolute Gasteiger partial charge is 0.309 e. The van der Waals surface area contributed by atoms with Gasteiger partial charge in [0.2, 0.25) is 0 Å². The first-order valence-corrected chi connectivity index (χ1v) is 12.9. The third-order valence-electron chi connectivity index (χ3n) is 8.40. The van der Waals surface area contributed by atoms with E-state index in [0.717, 1.165) is 49.4 Å². The molecule has 0 aromatic carbocycles. The molecule has 0 radical (unpaired) electrons. The lowest BCUT2D eigenvalue weighted by Gasteiger charge is -2.38. The van der Waals surface area contributed by atoms with Crippen LogP contribution in [0.4, 0.5) is 0 Å². The Morgan fingerprint density at radius 2 is 1.21 bits per heavy atom. The first-order valence-electron chi connectivity index (χ1n) is 12.9. The molecule has 0 saturated heterocycles. The van der Waals surface area contributed by atoms with Gasteiger partial charge in [0, 0.05) is 0 Å². The van der Waals surface area contributed by atoms with E-state index in [1.807, 2.05) is 0 Å². The topological polar surface area (TPSA) is 26.3 Å². The summed E-state index contributed by atoms with van der Waals surface area (Å²) < 4.78 is 5.95. The van der Waals surface area contributed by atoms with Crippen molar-refractivity contribution in [1.29, 1.82) is 0 Å². The van der Waals surface area contributed by atoms with E-state index in [4.69, 9.17) is 4.74 Å². The molecule has 2 heteroatoms. The summed E-state index contributed by atoms with van der Waals surface area (Å²) >= 11 is 0. The number of unbranched alkanes of at least 4 members (excludes halogenated alkanes) is 1. The van der Waals surface area contributed by atoms with Crippen LogP contribution < -0.4 is 0 Å². The highest BCUT2D eigenvalue weighted by Gasteiger charge is 2.34. The molecule has 162 valence electrons. The van der Waals surface area contributed by atoms with E-state index in [2.05, 4.69) is 13.8 Å². The second-order valence-electron chi connectivity index (χ2n) is 10.4. The van der Waals surface area contributed by atoms with Crippen molar-refractivity contribution in [3.8, 4) is 0 Å². The maximum atomic E-state index is 12.7. The third kappa shape index (κ3) is 6.49. The minimum atomic E-state index is 0.140. The summed E-state index contributed by atoms with van der Waals surface area (Å²) in [4.78, 5) is 12.7. The quantitative estimate of drug-likeness (QED) is 0.397. The second kappa shape index (κ2) is 11.6. The van der Waals surface area contributed by atoms with E-state index in [0.29, 0.717) is 0 Å². The van der Waals surface area contributed by atoms with Crippen LogP contribution in [0.2, 0.25) is 0 Å². The molecule has 3 fully saturated rings. The molecule has 0 heterocycles. The number of ether oxygens (including phenoxy) is 1. The summed E-state index contributed by atoms with van der Waals surface area (Å²) in [5.41, 5.74) is 0. The first kappa shape index (κ1) is 22.2. The lowest BCUT2D eigenvalue weighted by atomic mass is 9.68. The molecule has 3 rings (SSSR count). The minimum Gasteiger partial charge on any atom is -0.462 e. The van der Waals surface area contributed by atoms with Crippen molar-refractivity contribution in [3.05, 3.63) is 0 Å². The molecule has 0 bridgehead atoms. The Morgan fingerprint density at radius 1 is 0.679 bits per heavy atom. The van der Waals surface area contributed by atoms with Gasteiger partial charge in [-0.1, -0.05) is 58.8 Å². The minimum absolute atomic E-state index is 0.140. The van der Waals surface area contributed by atoms with Crippen LogP contribution in [0.3, 0.4) is 0 Å². The maximum Gasteiger partial charge on any atom is 0.309 e. The molecule has 0 amide bonds. The van der Waals surface area contributed by atoms with Crippen LogP contribution in [0.1, 0.15) is 123 Å². The van der Waals surface area contributed by atoms with Crippen molar-refractivity contribution in [3.63, 3.8) is 0 Å². The molecular formula is C26H46O2. The fourth-order valence-corrected chi connectivity index (χ4v) is 6.47. The van der Waals surface area contributed by atoms with Gasteiger partial charge in [0.05, 0.1) is 5.92 Å². The van der Waals surface area contributed by atoms with Gasteiger partial charge in [0.1, 0.15) is 6.10 Å². The first-order chi connectivity index (χ1) is 13.7. The molecule has 28 heavy (non-hydrogen) atoms. The van der Waals surface area contributed by atoms with Gasteiger partial charge >= 0.3 is 5.97 Å². The highest BCUT2D eigenvalue weighted by Crippen LogP contribution is 2.42.